The summed E-state index contributed by atoms with van der Waals surface area (Å²) in [6.45, 7) is 13.8. The van der Waals surface area contributed by atoms with Gasteiger partial charge in [0.25, 0.3) is 0 Å². The second-order valence-electron chi connectivity index (χ2n) is 5.16. The van der Waals surface area contributed by atoms with Crippen LogP contribution in [0.25, 0.3) is 0 Å². The van der Waals surface area contributed by atoms with E-state index in [1.54, 1.807) is 0 Å². The molecule has 4 nitrogen and oxygen atoms in total. The second-order valence-corrected chi connectivity index (χ2v) is 5.16. The third-order valence-corrected chi connectivity index (χ3v) is 3.37. The largest absolute Gasteiger partial charge is 0.394 e. The van der Waals surface area contributed by atoms with Crippen molar-refractivity contribution in [3.8, 4) is 0 Å². The highest BCUT2D eigenvalue weighted by Gasteiger charge is 2.34. The molecule has 0 aromatic rings. The van der Waals surface area contributed by atoms with Crippen molar-refractivity contribution >= 4 is 0 Å². The highest BCUT2D eigenvalue weighted by Crippen LogP contribution is 2.27. The van der Waals surface area contributed by atoms with E-state index in [4.69, 9.17) is 19.7 Å². The molecule has 0 rings (SSSR count). The van der Waals surface area contributed by atoms with Gasteiger partial charge in [-0.2, -0.15) is 0 Å². The minimum Gasteiger partial charge on any atom is -0.394 e. The number of aliphatic hydroxyl groups excluding tert-OH is 2. The molecule has 20 heavy (non-hydrogen) atoms. The van der Waals surface area contributed by atoms with Crippen molar-refractivity contribution < 1.29 is 19.7 Å². The minimum absolute atomic E-state index is 0.0782. The van der Waals surface area contributed by atoms with Gasteiger partial charge in [0.2, 0.25) is 0 Å². The Morgan fingerprint density at radius 1 is 0.950 bits per heavy atom. The average Bonchev–Trinajstić information content (AvgIpc) is 2.47. The van der Waals surface area contributed by atoms with Crippen molar-refractivity contribution in [3.63, 3.8) is 0 Å². The first-order chi connectivity index (χ1) is 9.43. The molecule has 0 aliphatic rings. The lowest BCUT2D eigenvalue weighted by atomic mass is 9.91. The van der Waals surface area contributed by atoms with Gasteiger partial charge in [-0.25, -0.2) is 0 Å². The molecule has 0 radical (unpaired) electrons. The van der Waals surface area contributed by atoms with E-state index in [1.165, 1.54) is 6.92 Å². The Balaban J connectivity index is 0. The Morgan fingerprint density at radius 3 is 1.70 bits per heavy atom. The van der Waals surface area contributed by atoms with Crippen molar-refractivity contribution in [3.05, 3.63) is 0 Å². The molecule has 0 aromatic heterocycles. The SMILES string of the molecule is CC(O)CO.CCCOC(C)C(CC)(CC)OCCC. The number of hydrogen-bond acceptors (Lipinski definition) is 4. The zero-order chi connectivity index (χ0) is 16.0. The van der Waals surface area contributed by atoms with E-state index < -0.39 is 6.10 Å². The molecular formula is C16H36O4. The summed E-state index contributed by atoms with van der Waals surface area (Å²) in [6.07, 6.45) is 3.82. The average molecular weight is 292 g/mol. The number of rotatable bonds is 10. The molecule has 2 unspecified atom stereocenters. The number of hydrogen-bond donors (Lipinski definition) is 2. The monoisotopic (exact) mass is 292 g/mol. The Kier molecular flexibility index (Phi) is 15.3. The number of ether oxygens (including phenoxy) is 2. The van der Waals surface area contributed by atoms with Gasteiger partial charge in [0.15, 0.2) is 0 Å². The fourth-order valence-corrected chi connectivity index (χ4v) is 1.90. The second kappa shape index (κ2) is 13.8. The van der Waals surface area contributed by atoms with Crippen molar-refractivity contribution in [1.29, 1.82) is 0 Å². The standard InChI is InChI=1S/C13H28O2.C3H8O2/c1-6-10-14-12(5)13(8-3,9-4)15-11-7-2;1-3(5)2-4/h12H,6-11H2,1-5H3;3-5H,2H2,1H3. The van der Waals surface area contributed by atoms with Gasteiger partial charge < -0.3 is 19.7 Å². The van der Waals surface area contributed by atoms with Crippen molar-refractivity contribution in [2.24, 2.45) is 0 Å². The van der Waals surface area contributed by atoms with E-state index in [9.17, 15) is 0 Å². The molecule has 0 aliphatic heterocycles. The predicted octanol–water partition coefficient (Wildman–Crippen LogP) is 3.15. The van der Waals surface area contributed by atoms with E-state index in [0.717, 1.165) is 38.9 Å². The molecule has 0 heterocycles. The Morgan fingerprint density at radius 2 is 1.40 bits per heavy atom. The highest BCUT2D eigenvalue weighted by molar-refractivity contribution is 4.84. The van der Waals surface area contributed by atoms with E-state index in [-0.39, 0.29) is 18.3 Å². The van der Waals surface area contributed by atoms with Crippen LogP contribution in [0.15, 0.2) is 0 Å². The van der Waals surface area contributed by atoms with Gasteiger partial charge in [0, 0.05) is 13.2 Å². The van der Waals surface area contributed by atoms with E-state index >= 15 is 0 Å². The molecule has 0 amide bonds. The molecule has 0 spiro atoms. The highest BCUT2D eigenvalue weighted by atomic mass is 16.5. The first-order valence-corrected chi connectivity index (χ1v) is 7.98. The molecule has 0 bridgehead atoms. The van der Waals surface area contributed by atoms with Crippen LogP contribution in [0, 0.1) is 0 Å². The van der Waals surface area contributed by atoms with Crippen LogP contribution in [0.5, 0.6) is 0 Å². The molecule has 0 fully saturated rings. The Labute approximate surface area is 125 Å². The van der Waals surface area contributed by atoms with Crippen LogP contribution in [0.3, 0.4) is 0 Å². The Hall–Kier alpha value is -0.160. The number of aliphatic hydroxyl groups is 2. The fraction of sp³-hybridized carbons (Fsp3) is 1.00. The molecule has 2 atom stereocenters. The van der Waals surface area contributed by atoms with Crippen LogP contribution in [0.2, 0.25) is 0 Å². The molecule has 0 saturated heterocycles. The van der Waals surface area contributed by atoms with E-state index in [0.29, 0.717) is 0 Å². The fourth-order valence-electron chi connectivity index (χ4n) is 1.90. The summed E-state index contributed by atoms with van der Waals surface area (Å²) >= 11 is 0. The Bertz CT molecular complexity index is 191. The molecule has 4 heteroatoms. The van der Waals surface area contributed by atoms with Gasteiger partial charge >= 0.3 is 0 Å². The summed E-state index contributed by atoms with van der Waals surface area (Å²) in [6, 6.07) is 0. The maximum Gasteiger partial charge on any atom is 0.0934 e. The zero-order valence-electron chi connectivity index (χ0n) is 14.3. The summed E-state index contributed by atoms with van der Waals surface area (Å²) in [4.78, 5) is 0. The summed E-state index contributed by atoms with van der Waals surface area (Å²) in [5, 5.41) is 16.0. The third-order valence-electron chi connectivity index (χ3n) is 3.37. The van der Waals surface area contributed by atoms with Gasteiger partial charge in [-0.05, 0) is 39.5 Å². The first-order valence-electron chi connectivity index (χ1n) is 7.98. The molecule has 124 valence electrons. The van der Waals surface area contributed by atoms with Gasteiger partial charge in [-0.3, -0.25) is 0 Å². The predicted molar refractivity (Wildman–Crippen MR) is 84.0 cm³/mol. The molecule has 2 N–H and O–H groups in total. The van der Waals surface area contributed by atoms with Crippen LogP contribution in [-0.4, -0.2) is 47.8 Å². The first kappa shape index (κ1) is 22.1. The van der Waals surface area contributed by atoms with Crippen molar-refractivity contribution in [2.45, 2.75) is 85.0 Å². The molecule has 0 aromatic carbocycles. The quantitative estimate of drug-likeness (QED) is 0.649. The lowest BCUT2D eigenvalue weighted by Gasteiger charge is -2.37. The van der Waals surface area contributed by atoms with Crippen LogP contribution < -0.4 is 0 Å². The molecule has 0 aliphatic carbocycles. The minimum atomic E-state index is -0.560. The van der Waals surface area contributed by atoms with Crippen LogP contribution in [0.1, 0.15) is 67.2 Å². The maximum atomic E-state index is 8.11. The van der Waals surface area contributed by atoms with Gasteiger partial charge in [0.05, 0.1) is 24.4 Å². The molecular weight excluding hydrogens is 256 g/mol. The van der Waals surface area contributed by atoms with Crippen molar-refractivity contribution in [2.75, 3.05) is 19.8 Å². The van der Waals surface area contributed by atoms with E-state index in [2.05, 4.69) is 34.6 Å². The normalized spacial score (nSPS) is 14.4. The maximum absolute atomic E-state index is 8.11. The van der Waals surface area contributed by atoms with E-state index in [1.807, 2.05) is 0 Å². The third kappa shape index (κ3) is 9.70. The van der Waals surface area contributed by atoms with Crippen LogP contribution in [0.4, 0.5) is 0 Å². The van der Waals surface area contributed by atoms with Gasteiger partial charge in [0.1, 0.15) is 0 Å². The zero-order valence-corrected chi connectivity index (χ0v) is 14.3. The van der Waals surface area contributed by atoms with Gasteiger partial charge in [-0.15, -0.1) is 0 Å². The summed E-state index contributed by atoms with van der Waals surface area (Å²) < 4.78 is 11.8. The smallest absolute Gasteiger partial charge is 0.0934 e. The van der Waals surface area contributed by atoms with Crippen LogP contribution in [-0.2, 0) is 9.47 Å². The lowest BCUT2D eigenvalue weighted by molar-refractivity contribution is -0.144. The lowest BCUT2D eigenvalue weighted by Crippen LogP contribution is -2.44. The topological polar surface area (TPSA) is 58.9 Å². The summed E-state index contributed by atoms with van der Waals surface area (Å²) in [7, 11) is 0. The molecule has 0 saturated carbocycles. The summed E-state index contributed by atoms with van der Waals surface area (Å²) in [5.41, 5.74) is -0.0782. The van der Waals surface area contributed by atoms with Gasteiger partial charge in [-0.1, -0.05) is 27.7 Å². The van der Waals surface area contributed by atoms with Crippen molar-refractivity contribution in [1.82, 2.24) is 0 Å². The van der Waals surface area contributed by atoms with Crippen LogP contribution >= 0.6 is 0 Å². The summed E-state index contributed by atoms with van der Waals surface area (Å²) in [5.74, 6) is 0.